The number of unbranched alkanes of at least 4 members (excludes halogenated alkanes) is 1. The second-order valence-electron chi connectivity index (χ2n) is 9.59. The van der Waals surface area contributed by atoms with Crippen LogP contribution in [0.3, 0.4) is 0 Å². The smallest absolute Gasteiger partial charge is 0.264 e. The fourth-order valence-corrected chi connectivity index (χ4v) is 5.99. The molecule has 3 aromatic rings. The van der Waals surface area contributed by atoms with Crippen LogP contribution in [0.1, 0.15) is 32.3 Å². The lowest BCUT2D eigenvalue weighted by molar-refractivity contribution is -0.139. The Balaban J connectivity index is 1.71. The zero-order valence-electron chi connectivity index (χ0n) is 23.1. The molecule has 0 spiro atoms. The van der Waals surface area contributed by atoms with E-state index >= 15 is 0 Å². The number of carbonyl (C=O) groups is 2. The number of benzene rings is 3. The summed E-state index contributed by atoms with van der Waals surface area (Å²) < 4.78 is 40.2. The molecule has 1 N–H and O–H groups in total. The molecule has 0 fully saturated rings. The van der Waals surface area contributed by atoms with Crippen molar-refractivity contribution in [1.82, 2.24) is 10.2 Å². The third-order valence-electron chi connectivity index (χ3n) is 6.72. The number of sulfonamides is 1. The number of nitrogens with zero attached hydrogens (tertiary/aromatic N) is 2. The Bertz CT molecular complexity index is 1470. The Hall–Kier alpha value is -3.76. The molecule has 218 valence electrons. The van der Waals surface area contributed by atoms with Crippen LogP contribution in [0, 0.1) is 0 Å². The van der Waals surface area contributed by atoms with E-state index in [2.05, 4.69) is 5.32 Å². The SMILES string of the molecule is CCCCNC(=O)[C@H](C)N(Cc1ccccc1Cl)C(=O)CN(c1ccc2c(c1)OCCO2)S(=O)(=O)c1ccccc1. The van der Waals surface area contributed by atoms with E-state index in [1.807, 2.05) is 6.92 Å². The average Bonchev–Trinajstić information content (AvgIpc) is 2.99. The van der Waals surface area contributed by atoms with Gasteiger partial charge in [0.05, 0.1) is 10.6 Å². The maximum atomic E-state index is 14.0. The lowest BCUT2D eigenvalue weighted by atomic mass is 10.1. The minimum absolute atomic E-state index is 0.0151. The van der Waals surface area contributed by atoms with Gasteiger partial charge < -0.3 is 19.7 Å². The molecule has 41 heavy (non-hydrogen) atoms. The van der Waals surface area contributed by atoms with Gasteiger partial charge in [0, 0.05) is 24.2 Å². The van der Waals surface area contributed by atoms with Gasteiger partial charge in [0.15, 0.2) is 11.5 Å². The molecule has 4 rings (SSSR count). The Morgan fingerprint density at radius 1 is 0.976 bits per heavy atom. The molecule has 9 nitrogen and oxygen atoms in total. The van der Waals surface area contributed by atoms with Gasteiger partial charge in [0.2, 0.25) is 11.8 Å². The van der Waals surface area contributed by atoms with Crippen molar-refractivity contribution in [2.75, 3.05) is 30.6 Å². The van der Waals surface area contributed by atoms with Gasteiger partial charge in [0.25, 0.3) is 10.0 Å². The predicted octanol–water partition coefficient (Wildman–Crippen LogP) is 4.64. The number of hydrogen-bond acceptors (Lipinski definition) is 6. The van der Waals surface area contributed by atoms with Crippen LogP contribution in [0.25, 0.3) is 0 Å². The normalized spacial score (nSPS) is 13.2. The molecule has 0 radical (unpaired) electrons. The van der Waals surface area contributed by atoms with E-state index in [1.165, 1.54) is 17.0 Å². The number of fused-ring (bicyclic) bond motifs is 1. The van der Waals surface area contributed by atoms with Crippen molar-refractivity contribution in [2.24, 2.45) is 0 Å². The van der Waals surface area contributed by atoms with Gasteiger partial charge >= 0.3 is 0 Å². The highest BCUT2D eigenvalue weighted by atomic mass is 35.5. The van der Waals surface area contributed by atoms with Crippen molar-refractivity contribution in [2.45, 2.75) is 44.2 Å². The quantitative estimate of drug-likeness (QED) is 0.304. The molecule has 3 aromatic carbocycles. The first-order chi connectivity index (χ1) is 19.7. The largest absolute Gasteiger partial charge is 0.486 e. The second kappa shape index (κ2) is 13.7. The average molecular weight is 600 g/mol. The predicted molar refractivity (Wildman–Crippen MR) is 158 cm³/mol. The summed E-state index contributed by atoms with van der Waals surface area (Å²) in [6.07, 6.45) is 1.70. The molecule has 1 aliphatic heterocycles. The summed E-state index contributed by atoms with van der Waals surface area (Å²) >= 11 is 6.41. The molecule has 1 aliphatic rings. The zero-order valence-corrected chi connectivity index (χ0v) is 24.7. The third kappa shape index (κ3) is 7.31. The van der Waals surface area contributed by atoms with Gasteiger partial charge in [-0.2, -0.15) is 0 Å². The zero-order chi connectivity index (χ0) is 29.4. The molecule has 0 unspecified atom stereocenters. The topological polar surface area (TPSA) is 105 Å². The lowest BCUT2D eigenvalue weighted by Crippen LogP contribution is -2.51. The fraction of sp³-hybridized carbons (Fsp3) is 0.333. The molecule has 11 heteroatoms. The van der Waals surface area contributed by atoms with Crippen LogP contribution in [0.2, 0.25) is 5.02 Å². The van der Waals surface area contributed by atoms with Crippen LogP contribution in [0.4, 0.5) is 5.69 Å². The molecule has 0 aliphatic carbocycles. The summed E-state index contributed by atoms with van der Waals surface area (Å²) in [6, 6.07) is 18.7. The van der Waals surface area contributed by atoms with E-state index in [-0.39, 0.29) is 23.0 Å². The number of anilines is 1. The summed E-state index contributed by atoms with van der Waals surface area (Å²) in [4.78, 5) is 28.5. The third-order valence-corrected chi connectivity index (χ3v) is 8.88. The van der Waals surface area contributed by atoms with Gasteiger partial charge in [-0.1, -0.05) is 61.3 Å². The second-order valence-corrected chi connectivity index (χ2v) is 11.9. The van der Waals surface area contributed by atoms with Crippen molar-refractivity contribution in [1.29, 1.82) is 0 Å². The van der Waals surface area contributed by atoms with E-state index in [4.69, 9.17) is 21.1 Å². The number of ether oxygens (including phenoxy) is 2. The maximum Gasteiger partial charge on any atom is 0.264 e. The Kier molecular flexibility index (Phi) is 10.1. The van der Waals surface area contributed by atoms with E-state index in [0.29, 0.717) is 41.8 Å². The monoisotopic (exact) mass is 599 g/mol. The first-order valence-electron chi connectivity index (χ1n) is 13.5. The number of hydrogen-bond donors (Lipinski definition) is 1. The first kappa shape index (κ1) is 30.2. The molecule has 0 saturated carbocycles. The molecule has 0 saturated heterocycles. The number of amides is 2. The van der Waals surface area contributed by atoms with Gasteiger partial charge in [-0.05, 0) is 49.2 Å². The Morgan fingerprint density at radius 3 is 2.37 bits per heavy atom. The molecule has 2 amide bonds. The highest BCUT2D eigenvalue weighted by Crippen LogP contribution is 2.36. The van der Waals surface area contributed by atoms with Crippen LogP contribution in [-0.4, -0.2) is 57.5 Å². The van der Waals surface area contributed by atoms with Gasteiger partial charge in [-0.3, -0.25) is 13.9 Å². The van der Waals surface area contributed by atoms with Crippen molar-refractivity contribution in [3.63, 3.8) is 0 Å². The van der Waals surface area contributed by atoms with Crippen LogP contribution < -0.4 is 19.1 Å². The number of halogens is 1. The molecular formula is C30H34ClN3O6S. The maximum absolute atomic E-state index is 14.0. The summed E-state index contributed by atoms with van der Waals surface area (Å²) in [5.41, 5.74) is 0.858. The van der Waals surface area contributed by atoms with Crippen molar-refractivity contribution in [3.8, 4) is 11.5 Å². The van der Waals surface area contributed by atoms with E-state index in [0.717, 1.165) is 17.1 Å². The highest BCUT2D eigenvalue weighted by molar-refractivity contribution is 7.92. The van der Waals surface area contributed by atoms with E-state index in [1.54, 1.807) is 67.6 Å². The van der Waals surface area contributed by atoms with Crippen molar-refractivity contribution >= 4 is 39.1 Å². The summed E-state index contributed by atoms with van der Waals surface area (Å²) in [5.74, 6) is -0.0414. The van der Waals surface area contributed by atoms with Gasteiger partial charge in [-0.25, -0.2) is 8.42 Å². The lowest BCUT2D eigenvalue weighted by Gasteiger charge is -2.32. The van der Waals surface area contributed by atoms with Crippen molar-refractivity contribution < 1.29 is 27.5 Å². The minimum Gasteiger partial charge on any atom is -0.486 e. The highest BCUT2D eigenvalue weighted by Gasteiger charge is 2.33. The number of carbonyl (C=O) groups excluding carboxylic acids is 2. The van der Waals surface area contributed by atoms with E-state index in [9.17, 15) is 18.0 Å². The first-order valence-corrected chi connectivity index (χ1v) is 15.3. The van der Waals surface area contributed by atoms with Crippen LogP contribution in [0.15, 0.2) is 77.7 Å². The fourth-order valence-electron chi connectivity index (χ4n) is 4.36. The molecule has 1 atom stereocenters. The van der Waals surface area contributed by atoms with Gasteiger partial charge in [0.1, 0.15) is 25.8 Å². The van der Waals surface area contributed by atoms with E-state index < -0.39 is 28.5 Å². The molecule has 1 heterocycles. The summed E-state index contributed by atoms with van der Waals surface area (Å²) in [7, 11) is -4.19. The number of rotatable bonds is 12. The minimum atomic E-state index is -4.19. The van der Waals surface area contributed by atoms with Crippen LogP contribution in [-0.2, 0) is 26.2 Å². The Morgan fingerprint density at radius 2 is 1.66 bits per heavy atom. The van der Waals surface area contributed by atoms with Gasteiger partial charge in [-0.15, -0.1) is 0 Å². The standard InChI is InChI=1S/C30H34ClN3O6S/c1-3-4-16-32-30(36)22(2)33(20-23-10-8-9-13-26(23)31)29(35)21-34(41(37,38)25-11-6-5-7-12-25)24-14-15-27-28(19-24)40-18-17-39-27/h5-15,19,22H,3-4,16-18,20-21H2,1-2H3,(H,32,36)/t22-/m0/s1. The summed E-state index contributed by atoms with van der Waals surface area (Å²) in [6.45, 7) is 4.26. The molecule has 0 aromatic heterocycles. The van der Waals surface area contributed by atoms with Crippen LogP contribution >= 0.6 is 11.6 Å². The van der Waals surface area contributed by atoms with Crippen LogP contribution in [0.5, 0.6) is 11.5 Å². The molecular weight excluding hydrogens is 566 g/mol. The summed E-state index contributed by atoms with van der Waals surface area (Å²) in [5, 5.41) is 3.30. The van der Waals surface area contributed by atoms with Crippen molar-refractivity contribution in [3.05, 3.63) is 83.4 Å². The Labute approximate surface area is 246 Å². The number of nitrogens with one attached hydrogen (secondary N) is 1. The molecule has 0 bridgehead atoms.